The first-order chi connectivity index (χ1) is 13.9. The molecule has 1 saturated heterocycles. The Bertz CT molecular complexity index is 1000. The van der Waals surface area contributed by atoms with E-state index in [0.29, 0.717) is 27.9 Å². The van der Waals surface area contributed by atoms with Crippen molar-refractivity contribution in [1.82, 2.24) is 0 Å². The van der Waals surface area contributed by atoms with Crippen molar-refractivity contribution in [3.05, 3.63) is 58.6 Å². The number of nitrogens with zero attached hydrogens (tertiary/aromatic N) is 1. The lowest BCUT2D eigenvalue weighted by Gasteiger charge is -2.25. The molecule has 1 saturated carbocycles. The Kier molecular flexibility index (Phi) is 5.17. The molecule has 6 heteroatoms. The molecule has 0 radical (unpaired) electrons. The first kappa shape index (κ1) is 19.6. The van der Waals surface area contributed by atoms with Crippen molar-refractivity contribution in [3.63, 3.8) is 0 Å². The van der Waals surface area contributed by atoms with Crippen LogP contribution in [0.1, 0.15) is 42.1 Å². The quantitative estimate of drug-likeness (QED) is 0.737. The highest BCUT2D eigenvalue weighted by Crippen LogP contribution is 2.42. The zero-order valence-corrected chi connectivity index (χ0v) is 17.2. The predicted molar refractivity (Wildman–Crippen MR) is 113 cm³/mol. The fourth-order valence-electron chi connectivity index (χ4n) is 4.42. The van der Waals surface area contributed by atoms with Gasteiger partial charge in [0.2, 0.25) is 11.8 Å². The van der Waals surface area contributed by atoms with Gasteiger partial charge < -0.3 is 5.32 Å². The molecule has 2 aromatic carbocycles. The maximum Gasteiger partial charge on any atom is 0.257 e. The average molecular weight is 411 g/mol. The van der Waals surface area contributed by atoms with Crippen LogP contribution in [-0.4, -0.2) is 17.7 Å². The number of halogens is 1. The number of hydrogen-bond acceptors (Lipinski definition) is 3. The molecule has 2 aromatic rings. The van der Waals surface area contributed by atoms with Gasteiger partial charge in [0.25, 0.3) is 5.91 Å². The summed E-state index contributed by atoms with van der Waals surface area (Å²) in [6.45, 7) is 3.94. The van der Waals surface area contributed by atoms with Crippen LogP contribution < -0.4 is 10.2 Å². The summed E-state index contributed by atoms with van der Waals surface area (Å²) >= 11 is 6.15. The molecule has 1 aliphatic carbocycles. The Hall–Kier alpha value is -2.66. The molecule has 0 spiro atoms. The van der Waals surface area contributed by atoms with Gasteiger partial charge in [0.15, 0.2) is 0 Å². The highest BCUT2D eigenvalue weighted by molar-refractivity contribution is 6.32. The molecule has 3 atom stereocenters. The van der Waals surface area contributed by atoms with Gasteiger partial charge in [-0.05, 0) is 61.9 Å². The number of amides is 3. The molecule has 0 unspecified atom stereocenters. The van der Waals surface area contributed by atoms with Gasteiger partial charge in [-0.2, -0.15) is 0 Å². The molecule has 1 aliphatic heterocycles. The van der Waals surface area contributed by atoms with Gasteiger partial charge >= 0.3 is 0 Å². The number of benzene rings is 2. The summed E-state index contributed by atoms with van der Waals surface area (Å²) in [5, 5.41) is 3.41. The minimum atomic E-state index is -0.380. The van der Waals surface area contributed by atoms with Crippen LogP contribution in [0.25, 0.3) is 0 Å². The average Bonchev–Trinajstić information content (AvgIpc) is 2.95. The highest BCUT2D eigenvalue weighted by atomic mass is 35.5. The maximum absolute atomic E-state index is 13.1. The van der Waals surface area contributed by atoms with E-state index in [1.54, 1.807) is 42.5 Å². The van der Waals surface area contributed by atoms with Crippen LogP contribution in [0.3, 0.4) is 0 Å². The van der Waals surface area contributed by atoms with Gasteiger partial charge in [-0.1, -0.05) is 36.7 Å². The predicted octanol–water partition coefficient (Wildman–Crippen LogP) is 4.83. The van der Waals surface area contributed by atoms with Gasteiger partial charge in [-0.25, -0.2) is 4.90 Å². The number of imide groups is 1. The van der Waals surface area contributed by atoms with Gasteiger partial charge in [0, 0.05) is 10.7 Å². The molecule has 1 heterocycles. The standard InChI is InChI=1S/C23H23ClN2O3/c1-13-10-11-15-17(12-13)23(29)26(22(15)28)20-9-4-3-6-16(20)21(27)25-19-8-5-7-18(24)14(19)2/h3-9,13,15,17H,10-12H2,1-2H3,(H,25,27)/t13-,15-,17+/m1/s1. The number of carbonyl (C=O) groups is 3. The number of para-hydroxylation sites is 1. The van der Waals surface area contributed by atoms with Crippen LogP contribution >= 0.6 is 11.6 Å². The normalized spacial score (nSPS) is 23.8. The molecule has 1 N–H and O–H groups in total. The van der Waals surface area contributed by atoms with Gasteiger partial charge in [-0.3, -0.25) is 14.4 Å². The van der Waals surface area contributed by atoms with E-state index in [4.69, 9.17) is 11.6 Å². The SMILES string of the molecule is Cc1c(Cl)cccc1NC(=O)c1ccccc1N1C(=O)[C@H]2C[C@H](C)CC[C@H]2C1=O. The molecule has 3 amide bonds. The fraction of sp³-hybridized carbons (Fsp3) is 0.348. The summed E-state index contributed by atoms with van der Waals surface area (Å²) in [5.74, 6) is -0.883. The van der Waals surface area contributed by atoms with Crippen molar-refractivity contribution >= 4 is 40.7 Å². The number of nitrogens with one attached hydrogen (secondary N) is 1. The summed E-state index contributed by atoms with van der Waals surface area (Å²) in [7, 11) is 0. The second-order valence-electron chi connectivity index (χ2n) is 8.03. The van der Waals surface area contributed by atoms with Gasteiger partial charge in [-0.15, -0.1) is 0 Å². The Morgan fingerprint density at radius 1 is 1.03 bits per heavy atom. The lowest BCUT2D eigenvalue weighted by molar-refractivity contribution is -0.122. The maximum atomic E-state index is 13.1. The molecule has 5 nitrogen and oxygen atoms in total. The molecule has 150 valence electrons. The molecule has 29 heavy (non-hydrogen) atoms. The molecular formula is C23H23ClN2O3. The minimum Gasteiger partial charge on any atom is -0.322 e. The van der Waals surface area contributed by atoms with E-state index in [1.807, 2.05) is 6.92 Å². The lowest BCUT2D eigenvalue weighted by Crippen LogP contribution is -2.33. The van der Waals surface area contributed by atoms with E-state index in [1.165, 1.54) is 4.90 Å². The summed E-state index contributed by atoms with van der Waals surface area (Å²) in [6, 6.07) is 12.0. The van der Waals surface area contributed by atoms with Crippen LogP contribution in [0.4, 0.5) is 11.4 Å². The van der Waals surface area contributed by atoms with E-state index in [2.05, 4.69) is 12.2 Å². The third kappa shape index (κ3) is 3.44. The van der Waals surface area contributed by atoms with Crippen LogP contribution in [0.5, 0.6) is 0 Å². The Morgan fingerprint density at radius 3 is 2.55 bits per heavy atom. The topological polar surface area (TPSA) is 66.5 Å². The molecule has 4 rings (SSSR count). The third-order valence-electron chi connectivity index (χ3n) is 6.09. The monoisotopic (exact) mass is 410 g/mol. The van der Waals surface area contributed by atoms with Gasteiger partial charge in [0.05, 0.1) is 23.1 Å². The molecule has 0 bridgehead atoms. The first-order valence-corrected chi connectivity index (χ1v) is 10.3. The van der Waals surface area contributed by atoms with Gasteiger partial charge in [0.1, 0.15) is 0 Å². The largest absolute Gasteiger partial charge is 0.322 e. The second kappa shape index (κ2) is 7.64. The number of fused-ring (bicyclic) bond motifs is 1. The van der Waals surface area contributed by atoms with Crippen LogP contribution in [0.15, 0.2) is 42.5 Å². The van der Waals surface area contributed by atoms with Crippen molar-refractivity contribution in [2.75, 3.05) is 10.2 Å². The van der Waals surface area contributed by atoms with E-state index in [0.717, 1.165) is 24.8 Å². The van der Waals surface area contributed by atoms with E-state index >= 15 is 0 Å². The van der Waals surface area contributed by atoms with Crippen LogP contribution in [-0.2, 0) is 9.59 Å². The zero-order valence-electron chi connectivity index (χ0n) is 16.4. The molecule has 2 aliphatic rings. The summed E-state index contributed by atoms with van der Waals surface area (Å²) < 4.78 is 0. The molecular weight excluding hydrogens is 388 g/mol. The summed E-state index contributed by atoms with van der Waals surface area (Å²) in [6.07, 6.45) is 2.40. The van der Waals surface area contributed by atoms with Crippen LogP contribution in [0.2, 0.25) is 5.02 Å². The third-order valence-corrected chi connectivity index (χ3v) is 6.50. The molecule has 2 fully saturated rings. The Balaban J connectivity index is 1.67. The Labute approximate surface area is 175 Å². The van der Waals surface area contributed by atoms with Crippen molar-refractivity contribution in [3.8, 4) is 0 Å². The van der Waals surface area contributed by atoms with Crippen molar-refractivity contribution in [2.45, 2.75) is 33.1 Å². The lowest BCUT2D eigenvalue weighted by atomic mass is 9.76. The number of carbonyl (C=O) groups excluding carboxylic acids is 3. The number of rotatable bonds is 3. The Morgan fingerprint density at radius 2 is 1.76 bits per heavy atom. The van der Waals surface area contributed by atoms with E-state index in [9.17, 15) is 14.4 Å². The van der Waals surface area contributed by atoms with Crippen molar-refractivity contribution in [2.24, 2.45) is 17.8 Å². The number of hydrogen-bond donors (Lipinski definition) is 1. The molecule has 0 aromatic heterocycles. The van der Waals surface area contributed by atoms with Crippen LogP contribution in [0, 0.1) is 24.7 Å². The first-order valence-electron chi connectivity index (χ1n) is 9.91. The minimum absolute atomic E-state index is 0.189. The van der Waals surface area contributed by atoms with E-state index < -0.39 is 0 Å². The highest BCUT2D eigenvalue weighted by Gasteiger charge is 2.50. The summed E-state index contributed by atoms with van der Waals surface area (Å²) in [5.41, 5.74) is 1.99. The number of anilines is 2. The smallest absolute Gasteiger partial charge is 0.257 e. The van der Waals surface area contributed by atoms with E-state index in [-0.39, 0.29) is 29.6 Å². The summed E-state index contributed by atoms with van der Waals surface area (Å²) in [4.78, 5) is 40.4. The fourth-order valence-corrected chi connectivity index (χ4v) is 4.59. The van der Waals surface area contributed by atoms with Crippen molar-refractivity contribution < 1.29 is 14.4 Å². The zero-order chi connectivity index (χ0) is 20.7. The second-order valence-corrected chi connectivity index (χ2v) is 8.43. The van der Waals surface area contributed by atoms with Crippen molar-refractivity contribution in [1.29, 1.82) is 0 Å².